The van der Waals surface area contributed by atoms with E-state index >= 15 is 0 Å². The number of carbonyl (C=O) groups excluding carboxylic acids is 1. The minimum absolute atomic E-state index is 0.0767. The topological polar surface area (TPSA) is 69.6 Å². The average molecular weight is 311 g/mol. The molecule has 0 spiro atoms. The highest BCUT2D eigenvalue weighted by Gasteiger charge is 2.24. The highest BCUT2D eigenvalue weighted by molar-refractivity contribution is 6.34. The van der Waals surface area contributed by atoms with E-state index in [-0.39, 0.29) is 22.3 Å². The summed E-state index contributed by atoms with van der Waals surface area (Å²) in [6, 6.07) is 4.37. The normalized spacial score (nSPS) is 14.4. The van der Waals surface area contributed by atoms with E-state index in [9.17, 15) is 14.7 Å². The van der Waals surface area contributed by atoms with Crippen LogP contribution >= 0.6 is 11.6 Å². The van der Waals surface area contributed by atoms with Gasteiger partial charge in [0.1, 0.15) is 5.56 Å². The Morgan fingerprint density at radius 3 is 2.67 bits per heavy atom. The van der Waals surface area contributed by atoms with Crippen LogP contribution in [0.4, 0.5) is 10.5 Å². The number of aromatic carboxylic acids is 1. The molecule has 21 heavy (non-hydrogen) atoms. The van der Waals surface area contributed by atoms with Gasteiger partial charge >= 0.3 is 12.0 Å². The first-order valence-corrected chi connectivity index (χ1v) is 7.48. The van der Waals surface area contributed by atoms with Crippen LogP contribution in [-0.4, -0.2) is 35.1 Å². The largest absolute Gasteiger partial charge is 0.478 e. The third-order valence-corrected chi connectivity index (χ3v) is 4.16. The smallest absolute Gasteiger partial charge is 0.339 e. The van der Waals surface area contributed by atoms with Crippen LogP contribution in [0.1, 0.15) is 36.5 Å². The van der Waals surface area contributed by atoms with Gasteiger partial charge in [0.25, 0.3) is 0 Å². The second kappa shape index (κ2) is 6.80. The molecule has 6 heteroatoms. The third kappa shape index (κ3) is 3.67. The SMILES string of the molecule is CCN(CC1CCC1)C(=O)Nc1cccc(Cl)c1C(=O)O. The lowest BCUT2D eigenvalue weighted by Crippen LogP contribution is -2.40. The van der Waals surface area contributed by atoms with Crippen molar-refractivity contribution in [2.45, 2.75) is 26.2 Å². The van der Waals surface area contributed by atoms with Crippen molar-refractivity contribution in [1.29, 1.82) is 0 Å². The van der Waals surface area contributed by atoms with Crippen molar-refractivity contribution >= 4 is 29.3 Å². The number of benzene rings is 1. The molecular formula is C15H19ClN2O3. The number of nitrogens with zero attached hydrogens (tertiary/aromatic N) is 1. The average Bonchev–Trinajstić information content (AvgIpc) is 2.37. The quantitative estimate of drug-likeness (QED) is 0.871. The summed E-state index contributed by atoms with van der Waals surface area (Å²) in [6.45, 7) is 3.21. The van der Waals surface area contributed by atoms with Crippen molar-refractivity contribution in [3.05, 3.63) is 28.8 Å². The van der Waals surface area contributed by atoms with Gasteiger partial charge in [-0.3, -0.25) is 0 Å². The molecule has 1 fully saturated rings. The number of anilines is 1. The standard InChI is InChI=1S/C15H19ClN2O3/c1-2-18(9-10-5-3-6-10)15(21)17-12-8-4-7-11(16)13(12)14(19)20/h4,7-8,10H,2-3,5-6,9H2,1H3,(H,17,21)(H,19,20). The summed E-state index contributed by atoms with van der Waals surface area (Å²) < 4.78 is 0. The van der Waals surface area contributed by atoms with E-state index in [0.717, 1.165) is 12.8 Å². The van der Waals surface area contributed by atoms with Crippen molar-refractivity contribution in [2.24, 2.45) is 5.92 Å². The molecule has 0 heterocycles. The molecular weight excluding hydrogens is 292 g/mol. The fourth-order valence-corrected chi connectivity index (χ4v) is 2.64. The summed E-state index contributed by atoms with van der Waals surface area (Å²) in [5.74, 6) is -0.591. The lowest BCUT2D eigenvalue weighted by atomic mass is 9.85. The van der Waals surface area contributed by atoms with Gasteiger partial charge in [-0.25, -0.2) is 9.59 Å². The molecule has 0 bridgehead atoms. The summed E-state index contributed by atoms with van der Waals surface area (Å²) in [7, 11) is 0. The molecule has 1 aliphatic carbocycles. The van der Waals surface area contributed by atoms with Crippen LogP contribution in [0.3, 0.4) is 0 Å². The minimum Gasteiger partial charge on any atom is -0.478 e. The number of rotatable bonds is 5. The Hall–Kier alpha value is -1.75. The molecule has 0 saturated heterocycles. The molecule has 1 saturated carbocycles. The summed E-state index contributed by atoms with van der Waals surface area (Å²) in [6.07, 6.45) is 3.53. The Morgan fingerprint density at radius 2 is 2.14 bits per heavy atom. The van der Waals surface area contributed by atoms with Crippen LogP contribution in [0.15, 0.2) is 18.2 Å². The summed E-state index contributed by atoms with van der Waals surface area (Å²) in [5.41, 5.74) is 0.152. The molecule has 1 aromatic rings. The molecule has 1 aliphatic rings. The van der Waals surface area contributed by atoms with Gasteiger partial charge in [0.05, 0.1) is 10.7 Å². The maximum absolute atomic E-state index is 12.3. The lowest BCUT2D eigenvalue weighted by Gasteiger charge is -2.31. The van der Waals surface area contributed by atoms with Crippen LogP contribution < -0.4 is 5.32 Å². The number of hydrogen-bond donors (Lipinski definition) is 2. The van der Waals surface area contributed by atoms with Gasteiger partial charge in [-0.2, -0.15) is 0 Å². The van der Waals surface area contributed by atoms with Crippen molar-refractivity contribution in [3.8, 4) is 0 Å². The van der Waals surface area contributed by atoms with E-state index in [1.807, 2.05) is 6.92 Å². The minimum atomic E-state index is -1.15. The van der Waals surface area contributed by atoms with Gasteiger partial charge in [0.2, 0.25) is 0 Å². The Morgan fingerprint density at radius 1 is 1.43 bits per heavy atom. The first-order chi connectivity index (χ1) is 10.0. The van der Waals surface area contributed by atoms with E-state index in [0.29, 0.717) is 19.0 Å². The van der Waals surface area contributed by atoms with Gasteiger partial charge in [-0.05, 0) is 37.8 Å². The number of carboxylic acid groups (broad SMARTS) is 1. The lowest BCUT2D eigenvalue weighted by molar-refractivity contribution is 0.0698. The van der Waals surface area contributed by atoms with Crippen molar-refractivity contribution < 1.29 is 14.7 Å². The van der Waals surface area contributed by atoms with Crippen molar-refractivity contribution in [3.63, 3.8) is 0 Å². The Bertz CT molecular complexity index is 544. The second-order valence-electron chi connectivity index (χ2n) is 5.23. The van der Waals surface area contributed by atoms with Gasteiger partial charge < -0.3 is 15.3 Å². The predicted octanol–water partition coefficient (Wildman–Crippen LogP) is 3.69. The highest BCUT2D eigenvalue weighted by atomic mass is 35.5. The fourth-order valence-electron chi connectivity index (χ4n) is 2.38. The van der Waals surface area contributed by atoms with Crippen molar-refractivity contribution in [1.82, 2.24) is 4.90 Å². The molecule has 114 valence electrons. The van der Waals surface area contributed by atoms with Crippen LogP contribution in [0.25, 0.3) is 0 Å². The summed E-state index contributed by atoms with van der Waals surface area (Å²) in [5, 5.41) is 12.0. The van der Waals surface area contributed by atoms with Crippen LogP contribution in [0, 0.1) is 5.92 Å². The molecule has 2 N–H and O–H groups in total. The van der Waals surface area contributed by atoms with Gasteiger partial charge in [-0.15, -0.1) is 0 Å². The fraction of sp³-hybridized carbons (Fsp3) is 0.467. The van der Waals surface area contributed by atoms with Crippen LogP contribution in [0.5, 0.6) is 0 Å². The second-order valence-corrected chi connectivity index (χ2v) is 5.64. The monoisotopic (exact) mass is 310 g/mol. The first kappa shape index (κ1) is 15.6. The van der Waals surface area contributed by atoms with E-state index in [1.165, 1.54) is 12.5 Å². The van der Waals surface area contributed by atoms with E-state index in [4.69, 9.17) is 11.6 Å². The maximum atomic E-state index is 12.3. The Balaban J connectivity index is 2.10. The number of carboxylic acids is 1. The molecule has 0 radical (unpaired) electrons. The van der Waals surface area contributed by atoms with Gasteiger partial charge in [0, 0.05) is 13.1 Å². The van der Waals surface area contributed by atoms with E-state index in [2.05, 4.69) is 5.32 Å². The molecule has 5 nitrogen and oxygen atoms in total. The number of carbonyl (C=O) groups is 2. The predicted molar refractivity (Wildman–Crippen MR) is 82.0 cm³/mol. The molecule has 0 unspecified atom stereocenters. The molecule has 0 aromatic heterocycles. The molecule has 1 aromatic carbocycles. The summed E-state index contributed by atoms with van der Waals surface area (Å²) in [4.78, 5) is 25.2. The zero-order valence-electron chi connectivity index (χ0n) is 11.9. The first-order valence-electron chi connectivity index (χ1n) is 7.10. The Labute approximate surface area is 128 Å². The van der Waals surface area contributed by atoms with E-state index in [1.54, 1.807) is 17.0 Å². The third-order valence-electron chi connectivity index (χ3n) is 3.84. The molecule has 0 atom stereocenters. The van der Waals surface area contributed by atoms with Crippen molar-refractivity contribution in [2.75, 3.05) is 18.4 Å². The van der Waals surface area contributed by atoms with Gasteiger partial charge in [-0.1, -0.05) is 24.1 Å². The number of nitrogens with one attached hydrogen (secondary N) is 1. The number of amides is 2. The number of urea groups is 1. The maximum Gasteiger partial charge on any atom is 0.339 e. The van der Waals surface area contributed by atoms with Crippen LogP contribution in [0.2, 0.25) is 5.02 Å². The number of hydrogen-bond acceptors (Lipinski definition) is 2. The number of halogens is 1. The molecule has 2 amide bonds. The van der Waals surface area contributed by atoms with Crippen LogP contribution in [-0.2, 0) is 0 Å². The summed E-state index contributed by atoms with van der Waals surface area (Å²) >= 11 is 5.89. The zero-order chi connectivity index (χ0) is 15.4. The van der Waals surface area contributed by atoms with Gasteiger partial charge in [0.15, 0.2) is 0 Å². The highest BCUT2D eigenvalue weighted by Crippen LogP contribution is 2.28. The van der Waals surface area contributed by atoms with E-state index < -0.39 is 5.97 Å². The Kier molecular flexibility index (Phi) is 5.07. The molecule has 2 rings (SSSR count). The molecule has 0 aliphatic heterocycles. The zero-order valence-corrected chi connectivity index (χ0v) is 12.7.